The molecular weight excluding hydrogens is 230 g/mol. The summed E-state index contributed by atoms with van der Waals surface area (Å²) in [5, 5.41) is 3.11. The highest BCUT2D eigenvalue weighted by Crippen LogP contribution is 2.01. The van der Waals surface area contributed by atoms with E-state index in [0.717, 1.165) is 18.7 Å². The van der Waals surface area contributed by atoms with Crippen molar-refractivity contribution >= 4 is 5.95 Å². The highest BCUT2D eigenvalue weighted by Gasteiger charge is 2.01. The van der Waals surface area contributed by atoms with Crippen molar-refractivity contribution in [2.24, 2.45) is 0 Å². The lowest BCUT2D eigenvalue weighted by molar-refractivity contribution is 0.708. The highest BCUT2D eigenvalue weighted by molar-refractivity contribution is 5.24. The van der Waals surface area contributed by atoms with Crippen LogP contribution in [0, 0.1) is 0 Å². The molecule has 0 bridgehead atoms. The molecule has 1 N–H and O–H groups in total. The Bertz CT molecular complexity index is 566. The summed E-state index contributed by atoms with van der Waals surface area (Å²) in [5.41, 5.74) is 0.498. The highest BCUT2D eigenvalue weighted by atomic mass is 16.1. The zero-order valence-corrected chi connectivity index (χ0v) is 10.2. The number of anilines is 1. The first-order valence-corrected chi connectivity index (χ1v) is 5.87. The fourth-order valence-corrected chi connectivity index (χ4v) is 1.49. The van der Waals surface area contributed by atoms with E-state index in [4.69, 9.17) is 0 Å². The molecule has 0 saturated heterocycles. The summed E-state index contributed by atoms with van der Waals surface area (Å²) in [5.74, 6) is 0.589. The van der Waals surface area contributed by atoms with Crippen molar-refractivity contribution in [3.05, 3.63) is 46.9 Å². The Morgan fingerprint density at radius 2 is 2.22 bits per heavy atom. The zero-order chi connectivity index (χ0) is 12.8. The molecule has 2 aromatic rings. The van der Waals surface area contributed by atoms with Crippen molar-refractivity contribution < 1.29 is 0 Å². The van der Waals surface area contributed by atoms with Gasteiger partial charge in [-0.2, -0.15) is 0 Å². The second kappa shape index (κ2) is 5.90. The second-order valence-corrected chi connectivity index (χ2v) is 3.83. The first-order valence-electron chi connectivity index (χ1n) is 5.87. The maximum absolute atomic E-state index is 11.5. The van der Waals surface area contributed by atoms with E-state index in [2.05, 4.69) is 27.2 Å². The van der Waals surface area contributed by atoms with Gasteiger partial charge in [-0.1, -0.05) is 6.92 Å². The number of nitrogens with one attached hydrogen (secondary N) is 1. The number of rotatable bonds is 5. The molecule has 2 rings (SSSR count). The van der Waals surface area contributed by atoms with Crippen molar-refractivity contribution in [2.75, 3.05) is 11.9 Å². The minimum atomic E-state index is -0.279. The molecule has 0 radical (unpaired) electrons. The number of aromatic nitrogens is 4. The third kappa shape index (κ3) is 3.13. The Balaban J connectivity index is 2.14. The third-order valence-electron chi connectivity index (χ3n) is 2.36. The Labute approximate surface area is 105 Å². The van der Waals surface area contributed by atoms with E-state index < -0.39 is 0 Å². The fourth-order valence-electron chi connectivity index (χ4n) is 1.49. The molecule has 2 aromatic heterocycles. The minimum absolute atomic E-state index is 0.279. The maximum Gasteiger partial charge on any atom is 0.347 e. The molecule has 0 saturated carbocycles. The normalized spacial score (nSPS) is 10.3. The average Bonchev–Trinajstić information content (AvgIpc) is 2.40. The summed E-state index contributed by atoms with van der Waals surface area (Å²) < 4.78 is 1.51. The fraction of sp³-hybridized carbons (Fsp3) is 0.333. The van der Waals surface area contributed by atoms with E-state index in [-0.39, 0.29) is 5.69 Å². The molecule has 0 aliphatic carbocycles. The van der Waals surface area contributed by atoms with E-state index in [1.54, 1.807) is 24.5 Å². The largest absolute Gasteiger partial charge is 0.354 e. The van der Waals surface area contributed by atoms with Crippen LogP contribution < -0.4 is 11.0 Å². The van der Waals surface area contributed by atoms with Crippen LogP contribution in [-0.2, 0) is 6.54 Å². The summed E-state index contributed by atoms with van der Waals surface area (Å²) in [6, 6.07) is 3.51. The van der Waals surface area contributed by atoms with Crippen LogP contribution in [0.2, 0.25) is 0 Å². The van der Waals surface area contributed by atoms with Crippen LogP contribution in [-0.4, -0.2) is 26.1 Å². The molecule has 0 atom stereocenters. The van der Waals surface area contributed by atoms with Gasteiger partial charge in [0, 0.05) is 25.1 Å². The summed E-state index contributed by atoms with van der Waals surface area (Å²) >= 11 is 0. The van der Waals surface area contributed by atoms with E-state index in [0.29, 0.717) is 12.5 Å². The number of nitrogens with zero attached hydrogens (tertiary/aromatic N) is 4. The molecule has 0 aliphatic heterocycles. The van der Waals surface area contributed by atoms with Crippen molar-refractivity contribution in [2.45, 2.75) is 19.9 Å². The first-order chi connectivity index (χ1) is 8.79. The lowest BCUT2D eigenvalue weighted by Gasteiger charge is -2.06. The van der Waals surface area contributed by atoms with Crippen molar-refractivity contribution in [1.82, 2.24) is 19.5 Å². The van der Waals surface area contributed by atoms with Crippen LogP contribution in [0.25, 0.3) is 0 Å². The molecule has 0 unspecified atom stereocenters. The lowest BCUT2D eigenvalue weighted by atomic mass is 10.4. The first kappa shape index (κ1) is 12.2. The Kier molecular flexibility index (Phi) is 4.01. The van der Waals surface area contributed by atoms with Crippen LogP contribution in [0.1, 0.15) is 19.0 Å². The van der Waals surface area contributed by atoms with Gasteiger partial charge < -0.3 is 5.32 Å². The van der Waals surface area contributed by atoms with E-state index in [1.165, 1.54) is 10.8 Å². The maximum atomic E-state index is 11.5. The molecule has 0 fully saturated rings. The van der Waals surface area contributed by atoms with Crippen molar-refractivity contribution in [3.63, 3.8) is 0 Å². The van der Waals surface area contributed by atoms with E-state index >= 15 is 0 Å². The van der Waals surface area contributed by atoms with Gasteiger partial charge in [0.05, 0.1) is 12.2 Å². The van der Waals surface area contributed by atoms with Gasteiger partial charge in [-0.05, 0) is 18.6 Å². The summed E-state index contributed by atoms with van der Waals surface area (Å²) in [6.45, 7) is 3.30. The quantitative estimate of drug-likeness (QED) is 0.847. The van der Waals surface area contributed by atoms with Gasteiger partial charge in [-0.25, -0.2) is 19.7 Å². The lowest BCUT2D eigenvalue weighted by Crippen LogP contribution is -2.22. The molecule has 0 spiro atoms. The zero-order valence-electron chi connectivity index (χ0n) is 10.2. The smallest absolute Gasteiger partial charge is 0.347 e. The van der Waals surface area contributed by atoms with Crippen molar-refractivity contribution in [3.8, 4) is 0 Å². The molecule has 6 nitrogen and oxygen atoms in total. The van der Waals surface area contributed by atoms with Crippen LogP contribution in [0.4, 0.5) is 5.95 Å². The molecule has 18 heavy (non-hydrogen) atoms. The van der Waals surface area contributed by atoms with Gasteiger partial charge in [0.2, 0.25) is 5.95 Å². The van der Waals surface area contributed by atoms with Gasteiger partial charge in [0.15, 0.2) is 0 Å². The Morgan fingerprint density at radius 3 is 3.00 bits per heavy atom. The summed E-state index contributed by atoms with van der Waals surface area (Å²) in [4.78, 5) is 23.6. The van der Waals surface area contributed by atoms with E-state index in [1.807, 2.05) is 0 Å². The van der Waals surface area contributed by atoms with Gasteiger partial charge in [-0.15, -0.1) is 0 Å². The predicted octanol–water partition coefficient (Wildman–Crippen LogP) is 0.903. The van der Waals surface area contributed by atoms with Crippen LogP contribution >= 0.6 is 0 Å². The molecule has 94 valence electrons. The minimum Gasteiger partial charge on any atom is -0.354 e. The van der Waals surface area contributed by atoms with Gasteiger partial charge in [0.25, 0.3) is 0 Å². The topological polar surface area (TPSA) is 72.7 Å². The third-order valence-corrected chi connectivity index (χ3v) is 2.36. The van der Waals surface area contributed by atoms with Gasteiger partial charge in [-0.3, -0.25) is 4.57 Å². The summed E-state index contributed by atoms with van der Waals surface area (Å²) in [6.07, 6.45) is 5.86. The molecule has 6 heteroatoms. The van der Waals surface area contributed by atoms with Crippen LogP contribution in [0.3, 0.4) is 0 Å². The monoisotopic (exact) mass is 245 g/mol. The Morgan fingerprint density at radius 1 is 1.33 bits per heavy atom. The summed E-state index contributed by atoms with van der Waals surface area (Å²) in [7, 11) is 0. The number of hydrogen-bond donors (Lipinski definition) is 1. The van der Waals surface area contributed by atoms with Crippen molar-refractivity contribution in [1.29, 1.82) is 0 Å². The van der Waals surface area contributed by atoms with Crippen LogP contribution in [0.15, 0.2) is 35.5 Å². The van der Waals surface area contributed by atoms with Crippen LogP contribution in [0.5, 0.6) is 0 Å². The standard InChI is InChI=1S/C12H15N5O/c1-2-5-13-11-14-7-4-10(16-11)9-17-8-3-6-15-12(17)18/h3-4,6-8H,2,5,9H2,1H3,(H,13,14,16). The number of hydrogen-bond acceptors (Lipinski definition) is 5. The SMILES string of the molecule is CCCNc1nccc(Cn2cccnc2=O)n1. The molecule has 2 heterocycles. The molecule has 0 aliphatic rings. The average molecular weight is 245 g/mol. The van der Waals surface area contributed by atoms with Gasteiger partial charge >= 0.3 is 5.69 Å². The molecule has 0 aromatic carbocycles. The van der Waals surface area contributed by atoms with Gasteiger partial charge in [0.1, 0.15) is 0 Å². The van der Waals surface area contributed by atoms with E-state index in [9.17, 15) is 4.79 Å². The second-order valence-electron chi connectivity index (χ2n) is 3.83. The Hall–Kier alpha value is -2.24. The molecular formula is C12H15N5O. The molecule has 0 amide bonds. The predicted molar refractivity (Wildman–Crippen MR) is 68.4 cm³/mol.